The molecule has 0 aliphatic carbocycles. The summed E-state index contributed by atoms with van der Waals surface area (Å²) in [6.45, 7) is 3.70. The molecule has 0 spiro atoms. The van der Waals surface area contributed by atoms with E-state index in [2.05, 4.69) is 41.1 Å². The van der Waals surface area contributed by atoms with E-state index in [0.29, 0.717) is 5.92 Å². The Morgan fingerprint density at radius 1 is 1.15 bits per heavy atom. The molecule has 2 rings (SSSR count). The fourth-order valence-corrected chi connectivity index (χ4v) is 3.72. The van der Waals surface area contributed by atoms with Crippen molar-refractivity contribution in [3.63, 3.8) is 0 Å². The number of piperidine rings is 1. The summed E-state index contributed by atoms with van der Waals surface area (Å²) in [7, 11) is 6.68. The van der Waals surface area contributed by atoms with Crippen molar-refractivity contribution in [2.24, 2.45) is 5.92 Å². The molecule has 1 aromatic rings. The number of benzene rings is 1. The van der Waals surface area contributed by atoms with Crippen LogP contribution in [-0.4, -0.2) is 76.1 Å². The standard InChI is InChI=1S/C20H32N2O4/c1-21(14-16-8-6-5-7-9-16)15-17-10-12-22(13-11-17)18(19(23)24-2)20(25-3)26-4/h5-9,17-18,20H,10-15H2,1-4H3. The predicted octanol–water partition coefficient (Wildman–Crippen LogP) is 1.99. The van der Waals surface area contributed by atoms with Crippen LogP contribution >= 0.6 is 0 Å². The lowest BCUT2D eigenvalue weighted by Crippen LogP contribution is -2.54. The Hall–Kier alpha value is -1.47. The van der Waals surface area contributed by atoms with Gasteiger partial charge in [0.25, 0.3) is 0 Å². The largest absolute Gasteiger partial charge is 0.468 e. The van der Waals surface area contributed by atoms with E-state index in [4.69, 9.17) is 14.2 Å². The van der Waals surface area contributed by atoms with Crippen LogP contribution in [0.25, 0.3) is 0 Å². The second-order valence-corrected chi connectivity index (χ2v) is 6.97. The summed E-state index contributed by atoms with van der Waals surface area (Å²) >= 11 is 0. The summed E-state index contributed by atoms with van der Waals surface area (Å²) in [6, 6.07) is 10.0. The Morgan fingerprint density at radius 3 is 2.31 bits per heavy atom. The van der Waals surface area contributed by atoms with Gasteiger partial charge in [0.15, 0.2) is 12.3 Å². The maximum absolute atomic E-state index is 12.2. The molecule has 1 atom stereocenters. The molecule has 0 aromatic heterocycles. The Kier molecular flexibility index (Phi) is 8.51. The van der Waals surface area contributed by atoms with Gasteiger partial charge in [-0.25, -0.2) is 0 Å². The first kappa shape index (κ1) is 20.8. The number of hydrogen-bond acceptors (Lipinski definition) is 6. The average molecular weight is 364 g/mol. The number of hydrogen-bond donors (Lipinski definition) is 0. The van der Waals surface area contributed by atoms with E-state index in [1.807, 2.05) is 6.07 Å². The first-order valence-electron chi connectivity index (χ1n) is 9.19. The molecule has 0 bridgehead atoms. The number of esters is 1. The van der Waals surface area contributed by atoms with Gasteiger partial charge in [-0.3, -0.25) is 9.69 Å². The first-order chi connectivity index (χ1) is 12.6. The molecule has 6 heteroatoms. The molecule has 1 heterocycles. The van der Waals surface area contributed by atoms with Gasteiger partial charge in [-0.1, -0.05) is 30.3 Å². The zero-order chi connectivity index (χ0) is 18.9. The third-order valence-corrected chi connectivity index (χ3v) is 5.07. The van der Waals surface area contributed by atoms with Crippen molar-refractivity contribution in [2.45, 2.75) is 31.7 Å². The second-order valence-electron chi connectivity index (χ2n) is 6.97. The Labute approximate surface area is 157 Å². The fourth-order valence-electron chi connectivity index (χ4n) is 3.72. The highest BCUT2D eigenvalue weighted by molar-refractivity contribution is 5.76. The molecule has 0 N–H and O–H groups in total. The Bertz CT molecular complexity index is 528. The van der Waals surface area contributed by atoms with Crippen molar-refractivity contribution in [1.29, 1.82) is 0 Å². The molecule has 0 radical (unpaired) electrons. The Morgan fingerprint density at radius 2 is 1.77 bits per heavy atom. The molecule has 1 aromatic carbocycles. The van der Waals surface area contributed by atoms with Gasteiger partial charge in [0.1, 0.15) is 0 Å². The van der Waals surface area contributed by atoms with E-state index in [1.54, 1.807) is 14.2 Å². The summed E-state index contributed by atoms with van der Waals surface area (Å²) in [6.07, 6.45) is 1.49. The maximum atomic E-state index is 12.2. The fraction of sp³-hybridized carbons (Fsp3) is 0.650. The predicted molar refractivity (Wildman–Crippen MR) is 101 cm³/mol. The quantitative estimate of drug-likeness (QED) is 0.493. The number of ether oxygens (including phenoxy) is 3. The van der Waals surface area contributed by atoms with Gasteiger partial charge in [-0.05, 0) is 44.5 Å². The van der Waals surface area contributed by atoms with Crippen LogP contribution in [0.5, 0.6) is 0 Å². The minimum absolute atomic E-state index is 0.307. The number of nitrogens with zero attached hydrogens (tertiary/aromatic N) is 2. The van der Waals surface area contributed by atoms with Crippen LogP contribution in [0.2, 0.25) is 0 Å². The molecular weight excluding hydrogens is 332 g/mol. The third-order valence-electron chi connectivity index (χ3n) is 5.07. The van der Waals surface area contributed by atoms with E-state index in [1.165, 1.54) is 12.7 Å². The molecule has 1 aliphatic heterocycles. The minimum atomic E-state index is -0.611. The highest BCUT2D eigenvalue weighted by atomic mass is 16.7. The zero-order valence-corrected chi connectivity index (χ0v) is 16.4. The van der Waals surface area contributed by atoms with Crippen LogP contribution in [-0.2, 0) is 25.5 Å². The van der Waals surface area contributed by atoms with E-state index < -0.39 is 12.3 Å². The highest BCUT2D eigenvalue weighted by Gasteiger charge is 2.37. The van der Waals surface area contributed by atoms with Crippen molar-refractivity contribution in [1.82, 2.24) is 9.80 Å². The van der Waals surface area contributed by atoms with Crippen LogP contribution in [0.4, 0.5) is 0 Å². The highest BCUT2D eigenvalue weighted by Crippen LogP contribution is 2.23. The van der Waals surface area contributed by atoms with Crippen molar-refractivity contribution < 1.29 is 19.0 Å². The zero-order valence-electron chi connectivity index (χ0n) is 16.4. The van der Waals surface area contributed by atoms with Gasteiger partial charge in [-0.2, -0.15) is 0 Å². The molecular formula is C20H32N2O4. The van der Waals surface area contributed by atoms with Crippen LogP contribution < -0.4 is 0 Å². The Balaban J connectivity index is 1.85. The summed E-state index contributed by atoms with van der Waals surface area (Å²) < 4.78 is 15.6. The van der Waals surface area contributed by atoms with Gasteiger partial charge in [0, 0.05) is 27.3 Å². The van der Waals surface area contributed by atoms with Crippen LogP contribution in [0.3, 0.4) is 0 Å². The molecule has 1 unspecified atom stereocenters. The smallest absolute Gasteiger partial charge is 0.328 e. The molecule has 1 saturated heterocycles. The van der Waals surface area contributed by atoms with Crippen molar-refractivity contribution >= 4 is 5.97 Å². The molecule has 146 valence electrons. The molecule has 1 fully saturated rings. The van der Waals surface area contributed by atoms with Crippen LogP contribution in [0.15, 0.2) is 30.3 Å². The van der Waals surface area contributed by atoms with E-state index >= 15 is 0 Å². The normalized spacial score (nSPS) is 17.6. The van der Waals surface area contributed by atoms with E-state index in [-0.39, 0.29) is 5.97 Å². The summed E-state index contributed by atoms with van der Waals surface area (Å²) in [5.74, 6) is 0.320. The first-order valence-corrected chi connectivity index (χ1v) is 9.19. The van der Waals surface area contributed by atoms with Gasteiger partial charge in [0.2, 0.25) is 0 Å². The minimum Gasteiger partial charge on any atom is -0.468 e. The molecule has 0 saturated carbocycles. The lowest BCUT2D eigenvalue weighted by Gasteiger charge is -2.39. The number of likely N-dealkylation sites (tertiary alicyclic amines) is 1. The summed E-state index contributed by atoms with van der Waals surface area (Å²) in [5, 5.41) is 0. The number of methoxy groups -OCH3 is 3. The number of rotatable bonds is 9. The third kappa shape index (κ3) is 5.77. The van der Waals surface area contributed by atoms with Gasteiger partial charge < -0.3 is 19.1 Å². The lowest BCUT2D eigenvalue weighted by atomic mass is 9.95. The molecule has 1 aliphatic rings. The average Bonchev–Trinajstić information content (AvgIpc) is 2.67. The second kappa shape index (κ2) is 10.6. The SMILES string of the molecule is COC(=O)C(C(OC)OC)N1CCC(CN(C)Cc2ccccc2)CC1. The molecule has 0 amide bonds. The number of carbonyl (C=O) groups excluding carboxylic acids is 1. The maximum Gasteiger partial charge on any atom is 0.328 e. The van der Waals surface area contributed by atoms with Gasteiger partial charge >= 0.3 is 5.97 Å². The van der Waals surface area contributed by atoms with E-state index in [0.717, 1.165) is 39.0 Å². The topological polar surface area (TPSA) is 51.2 Å². The van der Waals surface area contributed by atoms with Crippen LogP contribution in [0.1, 0.15) is 18.4 Å². The molecule has 26 heavy (non-hydrogen) atoms. The monoisotopic (exact) mass is 364 g/mol. The van der Waals surface area contributed by atoms with E-state index in [9.17, 15) is 4.79 Å². The van der Waals surface area contributed by atoms with Gasteiger partial charge in [0.05, 0.1) is 7.11 Å². The lowest BCUT2D eigenvalue weighted by molar-refractivity contribution is -0.181. The van der Waals surface area contributed by atoms with Crippen molar-refractivity contribution in [2.75, 3.05) is 48.0 Å². The van der Waals surface area contributed by atoms with Crippen molar-refractivity contribution in [3.05, 3.63) is 35.9 Å². The van der Waals surface area contributed by atoms with Crippen LogP contribution in [0, 0.1) is 5.92 Å². The number of carbonyl (C=O) groups is 1. The summed E-state index contributed by atoms with van der Waals surface area (Å²) in [5.41, 5.74) is 1.33. The van der Waals surface area contributed by atoms with Crippen molar-refractivity contribution in [3.8, 4) is 0 Å². The summed E-state index contributed by atoms with van der Waals surface area (Å²) in [4.78, 5) is 16.7. The van der Waals surface area contributed by atoms with Gasteiger partial charge in [-0.15, -0.1) is 0 Å². The molecule has 6 nitrogen and oxygen atoms in total.